The summed E-state index contributed by atoms with van der Waals surface area (Å²) in [6.45, 7) is 3.64. The number of hydrogen-bond donors (Lipinski definition) is 0. The van der Waals surface area contributed by atoms with Crippen molar-refractivity contribution in [3.05, 3.63) is 23.8 Å². The van der Waals surface area contributed by atoms with Gasteiger partial charge in [0, 0.05) is 45.6 Å². The number of rotatable bonds is 4. The first kappa shape index (κ1) is 21.2. The molecule has 0 saturated carbocycles. The van der Waals surface area contributed by atoms with Crippen molar-refractivity contribution in [2.75, 3.05) is 44.5 Å². The molecule has 0 N–H and O–H groups in total. The summed E-state index contributed by atoms with van der Waals surface area (Å²) in [5.41, 5.74) is 1.48. The molecule has 0 aliphatic carbocycles. The lowest BCUT2D eigenvalue weighted by molar-refractivity contribution is -0.134. The molecule has 0 radical (unpaired) electrons. The van der Waals surface area contributed by atoms with Gasteiger partial charge in [-0.15, -0.1) is 0 Å². The van der Waals surface area contributed by atoms with E-state index in [1.807, 2.05) is 18.2 Å². The summed E-state index contributed by atoms with van der Waals surface area (Å²) in [6.07, 6.45) is 0.855. The molecule has 0 unspecified atom stereocenters. The van der Waals surface area contributed by atoms with Gasteiger partial charge in [0.2, 0.25) is 12.7 Å². The fourth-order valence-electron chi connectivity index (χ4n) is 4.57. The van der Waals surface area contributed by atoms with Crippen LogP contribution >= 0.6 is 0 Å². The molecule has 0 aromatic heterocycles. The maximum absolute atomic E-state index is 13.0. The third-order valence-electron chi connectivity index (χ3n) is 6.36. The quantitative estimate of drug-likeness (QED) is 0.630. The molecular formula is C21H26N4O6S. The van der Waals surface area contributed by atoms with E-state index in [1.54, 1.807) is 4.90 Å². The average Bonchev–Trinajstić information content (AvgIpc) is 3.39. The Morgan fingerprint density at radius 3 is 2.62 bits per heavy atom. The number of ether oxygens (including phenoxy) is 2. The van der Waals surface area contributed by atoms with Gasteiger partial charge in [0.15, 0.2) is 21.3 Å². The van der Waals surface area contributed by atoms with Crippen LogP contribution in [0.5, 0.6) is 11.5 Å². The topological polar surface area (TPSA) is 109 Å². The fraction of sp³-hybridized carbons (Fsp3) is 0.571. The average molecular weight is 463 g/mol. The molecule has 2 amide bonds. The number of fused-ring (bicyclic) bond motifs is 1. The minimum absolute atomic E-state index is 0.0611. The maximum atomic E-state index is 13.0. The Bertz CT molecular complexity index is 1060. The first-order valence-electron chi connectivity index (χ1n) is 10.9. The predicted octanol–water partition coefficient (Wildman–Crippen LogP) is 0.225. The van der Waals surface area contributed by atoms with E-state index in [-0.39, 0.29) is 36.5 Å². The standard InChI is InChI=1S/C21H26N4O6S/c26-20-4-2-17(22-25(20)16-5-10-32(28,29)13-16)21(27)24-8-6-23(7-9-24)12-15-1-3-18-19(11-15)31-14-30-18/h1,3,11,16H,2,4-10,12-14H2/t16-/m1/s1. The number of sulfone groups is 1. The molecular weight excluding hydrogens is 436 g/mol. The van der Waals surface area contributed by atoms with Gasteiger partial charge in [-0.05, 0) is 24.1 Å². The van der Waals surface area contributed by atoms with Crippen molar-refractivity contribution in [2.45, 2.75) is 31.8 Å². The van der Waals surface area contributed by atoms with Crippen LogP contribution in [0, 0.1) is 0 Å². The third-order valence-corrected chi connectivity index (χ3v) is 8.11. The van der Waals surface area contributed by atoms with Gasteiger partial charge in [-0.25, -0.2) is 13.4 Å². The Morgan fingerprint density at radius 2 is 1.88 bits per heavy atom. The number of hydrogen-bond acceptors (Lipinski definition) is 8. The molecule has 2 saturated heterocycles. The molecule has 0 spiro atoms. The van der Waals surface area contributed by atoms with E-state index in [0.29, 0.717) is 31.6 Å². The first-order valence-corrected chi connectivity index (χ1v) is 12.7. The summed E-state index contributed by atoms with van der Waals surface area (Å²) in [5, 5.41) is 5.56. The molecule has 172 valence electrons. The van der Waals surface area contributed by atoms with Crippen LogP contribution < -0.4 is 9.47 Å². The molecule has 10 nitrogen and oxygen atoms in total. The monoisotopic (exact) mass is 462 g/mol. The van der Waals surface area contributed by atoms with E-state index < -0.39 is 15.9 Å². The van der Waals surface area contributed by atoms with Gasteiger partial charge < -0.3 is 14.4 Å². The van der Waals surface area contributed by atoms with Crippen LogP contribution in [0.4, 0.5) is 0 Å². The van der Waals surface area contributed by atoms with Crippen molar-refractivity contribution >= 4 is 27.4 Å². The van der Waals surface area contributed by atoms with Crippen molar-refractivity contribution in [3.8, 4) is 11.5 Å². The molecule has 0 bridgehead atoms. The van der Waals surface area contributed by atoms with E-state index in [9.17, 15) is 18.0 Å². The first-order chi connectivity index (χ1) is 15.4. The van der Waals surface area contributed by atoms with Crippen LogP contribution in [0.2, 0.25) is 0 Å². The van der Waals surface area contributed by atoms with Gasteiger partial charge in [-0.3, -0.25) is 14.5 Å². The second-order valence-corrected chi connectivity index (χ2v) is 10.8. The maximum Gasteiger partial charge on any atom is 0.270 e. The molecule has 4 heterocycles. The highest BCUT2D eigenvalue weighted by atomic mass is 32.2. The molecule has 1 aromatic carbocycles. The summed E-state index contributed by atoms with van der Waals surface area (Å²) in [7, 11) is -3.14. The van der Waals surface area contributed by atoms with Crippen LogP contribution in [0.25, 0.3) is 0 Å². The summed E-state index contributed by atoms with van der Waals surface area (Å²) >= 11 is 0. The normalized spacial score (nSPS) is 25.2. The van der Waals surface area contributed by atoms with Crippen molar-refractivity contribution in [2.24, 2.45) is 5.10 Å². The number of hydrazone groups is 1. The smallest absolute Gasteiger partial charge is 0.270 e. The van der Waals surface area contributed by atoms with Crippen molar-refractivity contribution in [1.82, 2.24) is 14.8 Å². The van der Waals surface area contributed by atoms with E-state index in [2.05, 4.69) is 10.0 Å². The van der Waals surface area contributed by atoms with E-state index in [0.717, 1.165) is 36.7 Å². The predicted molar refractivity (Wildman–Crippen MR) is 115 cm³/mol. The van der Waals surface area contributed by atoms with E-state index >= 15 is 0 Å². The second kappa shape index (κ2) is 8.36. The summed E-state index contributed by atoms with van der Waals surface area (Å²) in [6, 6.07) is 5.47. The number of piperazine rings is 1. The zero-order valence-corrected chi connectivity index (χ0v) is 18.6. The zero-order chi connectivity index (χ0) is 22.3. The largest absolute Gasteiger partial charge is 0.454 e. The van der Waals surface area contributed by atoms with Crippen molar-refractivity contribution < 1.29 is 27.5 Å². The van der Waals surface area contributed by atoms with E-state index in [4.69, 9.17) is 9.47 Å². The minimum atomic E-state index is -3.14. The lowest BCUT2D eigenvalue weighted by Gasteiger charge is -2.36. The Kier molecular flexibility index (Phi) is 5.54. The van der Waals surface area contributed by atoms with Gasteiger partial charge in [0.05, 0.1) is 17.5 Å². The number of carbonyl (C=O) groups excluding carboxylic acids is 2. The van der Waals surface area contributed by atoms with Crippen LogP contribution in [-0.4, -0.2) is 91.3 Å². The molecule has 5 rings (SSSR count). The third kappa shape index (κ3) is 4.31. The van der Waals surface area contributed by atoms with Gasteiger partial charge in [0.1, 0.15) is 5.71 Å². The van der Waals surface area contributed by atoms with Gasteiger partial charge in [-0.2, -0.15) is 5.10 Å². The van der Waals surface area contributed by atoms with Gasteiger partial charge in [0.25, 0.3) is 5.91 Å². The van der Waals surface area contributed by atoms with Crippen LogP contribution in [0.1, 0.15) is 24.8 Å². The van der Waals surface area contributed by atoms with Gasteiger partial charge in [-0.1, -0.05) is 6.07 Å². The van der Waals surface area contributed by atoms with Crippen LogP contribution in [0.15, 0.2) is 23.3 Å². The highest BCUT2D eigenvalue weighted by Crippen LogP contribution is 2.33. The SMILES string of the molecule is O=C(C1=NN([C@@H]2CCS(=O)(=O)C2)C(=O)CC1)N1CCN(Cc2ccc3c(c2)OCO3)CC1. The summed E-state index contributed by atoms with van der Waals surface area (Å²) in [5.74, 6) is 1.14. The highest BCUT2D eigenvalue weighted by Gasteiger charge is 2.38. The molecule has 4 aliphatic heterocycles. The Hall–Kier alpha value is -2.66. The molecule has 11 heteroatoms. The number of nitrogens with zero attached hydrogens (tertiary/aromatic N) is 4. The molecule has 2 fully saturated rings. The van der Waals surface area contributed by atoms with Crippen LogP contribution in [0.3, 0.4) is 0 Å². The number of amides is 2. The van der Waals surface area contributed by atoms with Crippen molar-refractivity contribution in [3.63, 3.8) is 0 Å². The summed E-state index contributed by atoms with van der Waals surface area (Å²) < 4.78 is 34.4. The zero-order valence-electron chi connectivity index (χ0n) is 17.7. The lowest BCUT2D eigenvalue weighted by atomic mass is 10.1. The fourth-order valence-corrected chi connectivity index (χ4v) is 6.26. The second-order valence-electron chi connectivity index (χ2n) is 8.60. The van der Waals surface area contributed by atoms with Gasteiger partial charge >= 0.3 is 0 Å². The number of benzene rings is 1. The van der Waals surface area contributed by atoms with Crippen LogP contribution in [-0.2, 0) is 26.0 Å². The molecule has 4 aliphatic rings. The molecule has 1 atom stereocenters. The number of carbonyl (C=O) groups is 2. The molecule has 32 heavy (non-hydrogen) atoms. The highest BCUT2D eigenvalue weighted by molar-refractivity contribution is 7.91. The Balaban J connectivity index is 1.18. The molecule has 1 aromatic rings. The Morgan fingerprint density at radius 1 is 1.09 bits per heavy atom. The summed E-state index contributed by atoms with van der Waals surface area (Å²) in [4.78, 5) is 29.4. The lowest BCUT2D eigenvalue weighted by Crippen LogP contribution is -2.51. The van der Waals surface area contributed by atoms with E-state index in [1.165, 1.54) is 5.01 Å². The minimum Gasteiger partial charge on any atom is -0.454 e. The van der Waals surface area contributed by atoms with Crippen molar-refractivity contribution in [1.29, 1.82) is 0 Å². The Labute approximate surface area is 186 Å².